The molecule has 1 heterocycles. The predicted octanol–water partition coefficient (Wildman–Crippen LogP) is 4.63. The minimum Gasteiger partial charge on any atom is -0.481 e. The van der Waals surface area contributed by atoms with Crippen molar-refractivity contribution in [3.05, 3.63) is 11.6 Å². The third kappa shape index (κ3) is 5.04. The Labute approximate surface area is 274 Å². The molecule has 9 heteroatoms. The van der Waals surface area contributed by atoms with Crippen LogP contribution in [0.5, 0.6) is 0 Å². The van der Waals surface area contributed by atoms with Crippen LogP contribution in [0.1, 0.15) is 112 Å². The summed E-state index contributed by atoms with van der Waals surface area (Å²) in [7, 11) is 0. The first-order valence-electron chi connectivity index (χ1n) is 18.2. The van der Waals surface area contributed by atoms with E-state index in [4.69, 9.17) is 9.47 Å². The summed E-state index contributed by atoms with van der Waals surface area (Å²) in [5.41, 5.74) is -0.707. The Hall–Kier alpha value is -1.52. The molecule has 0 aromatic heterocycles. The number of aliphatic hydroxyl groups excluding tert-OH is 3. The molecule has 14 unspecified atom stereocenters. The number of hydrogen-bond donors (Lipinski definition) is 5. The molecule has 0 amide bonds. The molecule has 4 saturated carbocycles. The molecule has 6 rings (SSSR count). The molecular weight excluding hydrogens is 588 g/mol. The minimum atomic E-state index is -1.62. The molecule has 5 N–H and O–H groups in total. The molecular formula is C37H58O9. The van der Waals surface area contributed by atoms with Crippen LogP contribution in [-0.4, -0.2) is 80.2 Å². The number of esters is 1. The summed E-state index contributed by atoms with van der Waals surface area (Å²) in [5, 5.41) is 55.6. The first-order valence-corrected chi connectivity index (χ1v) is 18.2. The molecule has 0 bridgehead atoms. The summed E-state index contributed by atoms with van der Waals surface area (Å²) in [4.78, 5) is 25.6. The van der Waals surface area contributed by atoms with E-state index in [0.29, 0.717) is 30.6 Å². The largest absolute Gasteiger partial charge is 0.481 e. The maximum atomic E-state index is 12.9. The van der Waals surface area contributed by atoms with E-state index < -0.39 is 59.4 Å². The van der Waals surface area contributed by atoms with Crippen molar-refractivity contribution in [1.29, 1.82) is 0 Å². The van der Waals surface area contributed by atoms with Gasteiger partial charge in [-0.05, 0) is 118 Å². The van der Waals surface area contributed by atoms with Crippen molar-refractivity contribution in [3.63, 3.8) is 0 Å². The Morgan fingerprint density at radius 2 is 1.61 bits per heavy atom. The van der Waals surface area contributed by atoms with Crippen molar-refractivity contribution >= 4 is 11.9 Å². The molecule has 0 spiro atoms. The second kappa shape index (κ2) is 12.1. The maximum Gasteiger partial charge on any atom is 0.338 e. The highest BCUT2D eigenvalue weighted by Gasteiger charge is 2.67. The standard InChI is InChI=1S/C37H58O9/c1-6-7-18-45-32(41)31-29(40)27(38)28(39)30(46-31)23-11-14-35(4)25-9-8-21-22(34(25,3)15-13-26(35)36(23,5)44)12-17-37(33(42)43)16-10-20(2)19-24(21)37/h8,20,22-31,38-40,44H,6-7,9-19H2,1-5H3,(H,42,43)/t20?,22?,23?,24?,25?,26?,27?,28?,29?,30?,31?,34?,35?,36-,37?/m1/s1. The lowest BCUT2D eigenvalue weighted by Gasteiger charge is -2.68. The molecule has 15 atom stereocenters. The highest BCUT2D eigenvalue weighted by molar-refractivity contribution is 5.76. The van der Waals surface area contributed by atoms with E-state index in [-0.39, 0.29) is 29.3 Å². The Morgan fingerprint density at radius 3 is 2.30 bits per heavy atom. The molecule has 5 fully saturated rings. The number of aliphatic carboxylic acids is 1. The van der Waals surface area contributed by atoms with Gasteiger partial charge in [0.05, 0.1) is 23.7 Å². The fourth-order valence-electron chi connectivity index (χ4n) is 12.2. The second-order valence-electron chi connectivity index (χ2n) is 17.0. The zero-order chi connectivity index (χ0) is 33.4. The number of carbonyl (C=O) groups excluding carboxylic acids is 1. The van der Waals surface area contributed by atoms with E-state index in [1.165, 1.54) is 5.57 Å². The molecule has 0 aromatic carbocycles. The summed E-state index contributed by atoms with van der Waals surface area (Å²) in [6.45, 7) is 11.0. The number of rotatable bonds is 6. The quantitative estimate of drug-likeness (QED) is 0.158. The number of aliphatic hydroxyl groups is 4. The summed E-state index contributed by atoms with van der Waals surface area (Å²) < 4.78 is 11.4. The SMILES string of the molecule is CCCCOC(=O)C1OC(C2CCC3(C)C4CC=C5C6CC(C)CCC6(C(=O)O)CCC5C4(C)CCC3[C@]2(C)O)C(O)C(O)C1O. The third-order valence-corrected chi connectivity index (χ3v) is 14.7. The monoisotopic (exact) mass is 646 g/mol. The molecule has 1 aliphatic heterocycles. The van der Waals surface area contributed by atoms with Crippen LogP contribution < -0.4 is 0 Å². The van der Waals surface area contributed by atoms with Gasteiger partial charge in [-0.3, -0.25) is 4.79 Å². The van der Waals surface area contributed by atoms with Crippen LogP contribution in [0.15, 0.2) is 11.6 Å². The molecule has 1 saturated heterocycles. The first-order chi connectivity index (χ1) is 21.6. The highest BCUT2D eigenvalue weighted by atomic mass is 16.6. The number of carbonyl (C=O) groups is 2. The lowest BCUT2D eigenvalue weighted by atomic mass is 9.37. The van der Waals surface area contributed by atoms with Gasteiger partial charge in [0.1, 0.15) is 18.3 Å². The van der Waals surface area contributed by atoms with Crippen LogP contribution in [0.2, 0.25) is 0 Å². The number of carboxylic acid groups (broad SMARTS) is 1. The van der Waals surface area contributed by atoms with Gasteiger partial charge in [-0.15, -0.1) is 0 Å². The normalized spacial score (nSPS) is 51.8. The number of carboxylic acids is 1. The minimum absolute atomic E-state index is 0.00189. The molecule has 260 valence electrons. The van der Waals surface area contributed by atoms with Gasteiger partial charge in [-0.2, -0.15) is 0 Å². The Bertz CT molecular complexity index is 1220. The van der Waals surface area contributed by atoms with Crippen LogP contribution in [0.4, 0.5) is 0 Å². The van der Waals surface area contributed by atoms with E-state index in [1.807, 2.05) is 13.8 Å². The average molecular weight is 647 g/mol. The summed E-state index contributed by atoms with van der Waals surface area (Å²) in [6.07, 6.45) is 4.98. The van der Waals surface area contributed by atoms with E-state index in [0.717, 1.165) is 64.2 Å². The van der Waals surface area contributed by atoms with Crippen molar-refractivity contribution < 1.29 is 44.6 Å². The van der Waals surface area contributed by atoms with Gasteiger partial charge in [0.25, 0.3) is 0 Å². The van der Waals surface area contributed by atoms with Crippen molar-refractivity contribution in [2.24, 2.45) is 51.8 Å². The topological polar surface area (TPSA) is 154 Å². The first kappa shape index (κ1) is 34.3. The van der Waals surface area contributed by atoms with Crippen LogP contribution in [0, 0.1) is 51.8 Å². The zero-order valence-electron chi connectivity index (χ0n) is 28.5. The van der Waals surface area contributed by atoms with Gasteiger partial charge in [0.2, 0.25) is 0 Å². The zero-order valence-corrected chi connectivity index (χ0v) is 28.5. The maximum absolute atomic E-state index is 12.9. The fraction of sp³-hybridized carbons (Fsp3) is 0.892. The number of hydrogen-bond acceptors (Lipinski definition) is 8. The Kier molecular flexibility index (Phi) is 9.05. The number of allylic oxidation sites excluding steroid dienone is 2. The average Bonchev–Trinajstić information content (AvgIpc) is 3.00. The van der Waals surface area contributed by atoms with E-state index >= 15 is 0 Å². The third-order valence-electron chi connectivity index (χ3n) is 14.7. The van der Waals surface area contributed by atoms with Gasteiger partial charge in [-0.25, -0.2) is 4.79 Å². The molecule has 6 aliphatic rings. The van der Waals surface area contributed by atoms with Crippen molar-refractivity contribution in [3.8, 4) is 0 Å². The molecule has 0 radical (unpaired) electrons. The summed E-state index contributed by atoms with van der Waals surface area (Å²) >= 11 is 0. The summed E-state index contributed by atoms with van der Waals surface area (Å²) in [6, 6.07) is 0. The van der Waals surface area contributed by atoms with Crippen LogP contribution in [0.25, 0.3) is 0 Å². The van der Waals surface area contributed by atoms with E-state index in [2.05, 4.69) is 26.8 Å². The van der Waals surface area contributed by atoms with E-state index in [9.17, 15) is 35.1 Å². The van der Waals surface area contributed by atoms with Crippen molar-refractivity contribution in [2.45, 2.75) is 148 Å². The van der Waals surface area contributed by atoms with Gasteiger partial charge in [0, 0.05) is 5.92 Å². The summed E-state index contributed by atoms with van der Waals surface area (Å²) in [5.74, 6) is -0.762. The lowest BCUT2D eigenvalue weighted by molar-refractivity contribution is -0.278. The number of unbranched alkanes of at least 4 members (excludes halogenated alkanes) is 1. The lowest BCUT2D eigenvalue weighted by Crippen LogP contribution is -2.69. The predicted molar refractivity (Wildman–Crippen MR) is 170 cm³/mol. The fourth-order valence-corrected chi connectivity index (χ4v) is 12.2. The Balaban J connectivity index is 1.26. The van der Waals surface area contributed by atoms with E-state index in [1.54, 1.807) is 0 Å². The Morgan fingerprint density at radius 1 is 0.913 bits per heavy atom. The van der Waals surface area contributed by atoms with Crippen LogP contribution in [-0.2, 0) is 19.1 Å². The molecule has 46 heavy (non-hydrogen) atoms. The van der Waals surface area contributed by atoms with Crippen LogP contribution >= 0.6 is 0 Å². The highest BCUT2D eigenvalue weighted by Crippen LogP contribution is 2.71. The smallest absolute Gasteiger partial charge is 0.338 e. The molecule has 9 nitrogen and oxygen atoms in total. The van der Waals surface area contributed by atoms with Gasteiger partial charge >= 0.3 is 11.9 Å². The van der Waals surface area contributed by atoms with Crippen molar-refractivity contribution in [1.82, 2.24) is 0 Å². The van der Waals surface area contributed by atoms with Gasteiger partial charge in [0.15, 0.2) is 6.10 Å². The molecule has 5 aliphatic carbocycles. The molecule has 0 aromatic rings. The number of ether oxygens (including phenoxy) is 2. The van der Waals surface area contributed by atoms with Gasteiger partial charge < -0.3 is 35.0 Å². The van der Waals surface area contributed by atoms with Crippen molar-refractivity contribution in [2.75, 3.05) is 6.61 Å². The second-order valence-corrected chi connectivity index (χ2v) is 17.0. The number of fused-ring (bicyclic) bond motifs is 7. The van der Waals surface area contributed by atoms with Crippen LogP contribution in [0.3, 0.4) is 0 Å². The van der Waals surface area contributed by atoms with Gasteiger partial charge in [-0.1, -0.05) is 45.8 Å².